The van der Waals surface area contributed by atoms with Gasteiger partial charge in [0.1, 0.15) is 11.2 Å². The van der Waals surface area contributed by atoms with Gasteiger partial charge >= 0.3 is 0 Å². The Morgan fingerprint density at radius 2 is 0.964 bits per heavy atom. The fourth-order valence-corrected chi connectivity index (χ4v) is 8.91. The topological polar surface area (TPSA) is 64.7 Å². The van der Waals surface area contributed by atoms with Crippen LogP contribution in [0, 0.1) is 0 Å². The van der Waals surface area contributed by atoms with Gasteiger partial charge in [-0.15, -0.1) is 11.3 Å². The highest BCUT2D eigenvalue weighted by Crippen LogP contribution is 2.46. The van der Waals surface area contributed by atoms with Gasteiger partial charge in [0.05, 0.1) is 0 Å². The number of fused-ring (bicyclic) bond motifs is 6. The minimum atomic E-state index is 0.613. The lowest BCUT2D eigenvalue weighted by atomic mass is 9.92. The second-order valence-electron chi connectivity index (χ2n) is 13.8. The van der Waals surface area contributed by atoms with Gasteiger partial charge < -0.3 is 4.42 Å². The predicted octanol–water partition coefficient (Wildman–Crippen LogP) is 13.5. The predicted molar refractivity (Wildman–Crippen MR) is 230 cm³/mol. The molecular formula is C50H30N4OS. The fourth-order valence-electron chi connectivity index (χ4n) is 7.77. The van der Waals surface area contributed by atoms with Gasteiger partial charge in [-0.1, -0.05) is 140 Å². The van der Waals surface area contributed by atoms with Crippen molar-refractivity contribution in [3.63, 3.8) is 0 Å². The molecule has 5 nitrogen and oxygen atoms in total. The molecule has 0 N–H and O–H groups in total. The summed E-state index contributed by atoms with van der Waals surface area (Å²) in [6.07, 6.45) is 3.65. The normalized spacial score (nSPS) is 11.6. The third kappa shape index (κ3) is 5.46. The Morgan fingerprint density at radius 1 is 0.375 bits per heavy atom. The smallest absolute Gasteiger partial charge is 0.164 e. The van der Waals surface area contributed by atoms with E-state index in [0.29, 0.717) is 17.5 Å². The molecule has 0 bridgehead atoms. The quantitative estimate of drug-likeness (QED) is 0.170. The average Bonchev–Trinajstić information content (AvgIpc) is 3.86. The molecule has 56 heavy (non-hydrogen) atoms. The van der Waals surface area contributed by atoms with E-state index in [2.05, 4.69) is 132 Å². The lowest BCUT2D eigenvalue weighted by Crippen LogP contribution is -2.00. The minimum Gasteiger partial charge on any atom is -0.455 e. The minimum absolute atomic E-state index is 0.613. The van der Waals surface area contributed by atoms with Crippen LogP contribution in [-0.2, 0) is 0 Å². The zero-order valence-electron chi connectivity index (χ0n) is 29.9. The maximum Gasteiger partial charge on any atom is 0.164 e. The summed E-state index contributed by atoms with van der Waals surface area (Å²) >= 11 is 1.83. The molecule has 262 valence electrons. The lowest BCUT2D eigenvalue weighted by Gasteiger charge is -2.11. The first kappa shape index (κ1) is 32.2. The van der Waals surface area contributed by atoms with Crippen LogP contribution in [0.3, 0.4) is 0 Å². The molecule has 11 aromatic rings. The van der Waals surface area contributed by atoms with E-state index in [1.807, 2.05) is 60.0 Å². The third-order valence-corrected chi connectivity index (χ3v) is 11.6. The van der Waals surface area contributed by atoms with Crippen molar-refractivity contribution in [2.75, 3.05) is 0 Å². The summed E-state index contributed by atoms with van der Waals surface area (Å²) in [7, 11) is 0. The van der Waals surface area contributed by atoms with Gasteiger partial charge in [0.15, 0.2) is 17.5 Å². The number of furan rings is 1. The van der Waals surface area contributed by atoms with Crippen LogP contribution in [0.15, 0.2) is 187 Å². The molecule has 0 saturated carbocycles. The van der Waals surface area contributed by atoms with Gasteiger partial charge in [-0.2, -0.15) is 0 Å². The Balaban J connectivity index is 1.03. The molecule has 7 aromatic carbocycles. The maximum absolute atomic E-state index is 6.75. The van der Waals surface area contributed by atoms with Crippen molar-refractivity contribution < 1.29 is 4.42 Å². The molecule has 11 rings (SSSR count). The van der Waals surface area contributed by atoms with E-state index in [0.717, 1.165) is 66.4 Å². The molecule has 4 aromatic heterocycles. The Labute approximate surface area is 326 Å². The van der Waals surface area contributed by atoms with E-state index in [1.165, 1.54) is 25.7 Å². The number of thiophene rings is 1. The van der Waals surface area contributed by atoms with Gasteiger partial charge in [-0.05, 0) is 58.1 Å². The first-order valence-corrected chi connectivity index (χ1v) is 19.3. The Morgan fingerprint density at radius 3 is 1.70 bits per heavy atom. The average molecular weight is 735 g/mol. The molecule has 0 aliphatic rings. The molecule has 0 atom stereocenters. The summed E-state index contributed by atoms with van der Waals surface area (Å²) in [6, 6.07) is 58.9. The zero-order valence-corrected chi connectivity index (χ0v) is 30.7. The van der Waals surface area contributed by atoms with Gasteiger partial charge in [0, 0.05) is 65.6 Å². The largest absolute Gasteiger partial charge is 0.455 e. The van der Waals surface area contributed by atoms with E-state index < -0.39 is 0 Å². The number of para-hydroxylation sites is 1. The van der Waals surface area contributed by atoms with Crippen LogP contribution >= 0.6 is 11.3 Å². The van der Waals surface area contributed by atoms with Crippen molar-refractivity contribution in [1.29, 1.82) is 0 Å². The Kier molecular flexibility index (Phi) is 7.60. The summed E-state index contributed by atoms with van der Waals surface area (Å²) in [6.45, 7) is 0. The number of hydrogen-bond donors (Lipinski definition) is 0. The number of nitrogens with zero attached hydrogens (tertiary/aromatic N) is 4. The molecule has 0 radical (unpaired) electrons. The summed E-state index contributed by atoms with van der Waals surface area (Å²) < 4.78 is 9.30. The first-order valence-electron chi connectivity index (χ1n) is 18.5. The maximum atomic E-state index is 6.75. The molecule has 0 fully saturated rings. The van der Waals surface area contributed by atoms with Crippen LogP contribution < -0.4 is 0 Å². The number of benzene rings is 7. The first-order chi connectivity index (χ1) is 27.7. The standard InChI is InChI=1S/C50H30N4OS/c1-2-10-33(11-3-1)48-52-49(34-23-19-31(20-24-34)36-12-9-29-51-30-36)54-50(53-48)35-25-21-32(22-26-35)37-27-28-39(47-46(37)40-13-4-6-16-42(40)55-47)38-15-8-18-44-45(38)41-14-5-7-17-43(41)56-44/h1-30H. The van der Waals surface area contributed by atoms with Crippen LogP contribution in [0.1, 0.15) is 0 Å². The van der Waals surface area contributed by atoms with Crippen molar-refractivity contribution in [2.24, 2.45) is 0 Å². The fraction of sp³-hybridized carbons (Fsp3) is 0. The molecule has 0 spiro atoms. The highest BCUT2D eigenvalue weighted by molar-refractivity contribution is 7.25. The summed E-state index contributed by atoms with van der Waals surface area (Å²) in [5.74, 6) is 1.86. The van der Waals surface area contributed by atoms with Crippen LogP contribution in [-0.4, -0.2) is 19.9 Å². The molecule has 6 heteroatoms. The van der Waals surface area contributed by atoms with E-state index in [1.54, 1.807) is 6.20 Å². The van der Waals surface area contributed by atoms with E-state index in [4.69, 9.17) is 19.4 Å². The lowest BCUT2D eigenvalue weighted by molar-refractivity contribution is 0.670. The SMILES string of the molecule is c1ccc(-c2nc(-c3ccc(-c4cccnc4)cc3)nc(-c3ccc(-c4ccc(-c5cccc6sc7ccccc7c56)c5oc6ccccc6c45)cc3)n2)cc1. The van der Waals surface area contributed by atoms with Crippen LogP contribution in [0.2, 0.25) is 0 Å². The summed E-state index contributed by atoms with van der Waals surface area (Å²) in [5, 5.41) is 4.73. The second kappa shape index (κ2) is 13.2. The monoisotopic (exact) mass is 734 g/mol. The van der Waals surface area contributed by atoms with Crippen LogP contribution in [0.4, 0.5) is 0 Å². The van der Waals surface area contributed by atoms with Crippen LogP contribution in [0.5, 0.6) is 0 Å². The summed E-state index contributed by atoms with van der Waals surface area (Å²) in [4.78, 5) is 19.2. The van der Waals surface area contributed by atoms with Crippen molar-refractivity contribution >= 4 is 53.4 Å². The van der Waals surface area contributed by atoms with Gasteiger partial charge in [0.2, 0.25) is 0 Å². The Bertz CT molecular complexity index is 3230. The number of rotatable bonds is 6. The molecule has 4 heterocycles. The van der Waals surface area contributed by atoms with Crippen molar-refractivity contribution in [2.45, 2.75) is 0 Å². The molecule has 0 unspecified atom stereocenters. The van der Waals surface area contributed by atoms with Gasteiger partial charge in [-0.3, -0.25) is 4.98 Å². The molecule has 0 aliphatic carbocycles. The second-order valence-corrected chi connectivity index (χ2v) is 14.9. The number of hydrogen-bond acceptors (Lipinski definition) is 6. The van der Waals surface area contributed by atoms with Gasteiger partial charge in [-0.25, -0.2) is 15.0 Å². The molecular weight excluding hydrogens is 705 g/mol. The zero-order chi connectivity index (χ0) is 37.0. The summed E-state index contributed by atoms with van der Waals surface area (Å²) in [5.41, 5.74) is 11.1. The van der Waals surface area contributed by atoms with Gasteiger partial charge in [0.25, 0.3) is 0 Å². The van der Waals surface area contributed by atoms with Crippen LogP contribution in [0.25, 0.3) is 110 Å². The van der Waals surface area contributed by atoms with Crippen molar-refractivity contribution in [3.8, 4) is 67.5 Å². The van der Waals surface area contributed by atoms with E-state index in [9.17, 15) is 0 Å². The van der Waals surface area contributed by atoms with Crippen molar-refractivity contribution in [3.05, 3.63) is 182 Å². The molecule has 0 aliphatic heterocycles. The molecule has 0 amide bonds. The third-order valence-electron chi connectivity index (χ3n) is 10.5. The molecule has 0 saturated heterocycles. The highest BCUT2D eigenvalue weighted by atomic mass is 32.1. The highest BCUT2D eigenvalue weighted by Gasteiger charge is 2.20. The number of pyridine rings is 1. The van der Waals surface area contributed by atoms with E-state index >= 15 is 0 Å². The Hall–Kier alpha value is -7.28. The number of aromatic nitrogens is 4. The van der Waals surface area contributed by atoms with Crippen molar-refractivity contribution in [1.82, 2.24) is 19.9 Å². The van der Waals surface area contributed by atoms with E-state index in [-0.39, 0.29) is 0 Å².